The molecule has 30 heavy (non-hydrogen) atoms. The summed E-state index contributed by atoms with van der Waals surface area (Å²) in [5, 5.41) is 2.45. The van der Waals surface area contributed by atoms with Crippen molar-refractivity contribution in [3.8, 4) is 23.0 Å². The number of halogens is 1. The lowest BCUT2D eigenvalue weighted by atomic mass is 9.82. The van der Waals surface area contributed by atoms with E-state index in [0.717, 1.165) is 48.9 Å². The Morgan fingerprint density at radius 2 is 1.70 bits per heavy atom. The van der Waals surface area contributed by atoms with E-state index in [0.29, 0.717) is 12.8 Å². The fraction of sp³-hybridized carbons (Fsp3) is 0.333. The van der Waals surface area contributed by atoms with Crippen LogP contribution < -0.4 is 18.9 Å². The quantitative estimate of drug-likeness (QED) is 0.597. The van der Waals surface area contributed by atoms with Gasteiger partial charge >= 0.3 is 0 Å². The third-order valence-electron chi connectivity index (χ3n) is 6.61. The molecule has 1 atom stereocenters. The van der Waals surface area contributed by atoms with Gasteiger partial charge in [0.15, 0.2) is 23.0 Å². The second kappa shape index (κ2) is 7.25. The molecule has 3 aromatic carbocycles. The van der Waals surface area contributed by atoms with Crippen LogP contribution in [0.3, 0.4) is 0 Å². The van der Waals surface area contributed by atoms with Gasteiger partial charge in [-0.05, 0) is 70.1 Å². The average molecular weight is 426 g/mol. The van der Waals surface area contributed by atoms with Crippen molar-refractivity contribution in [3.05, 3.63) is 58.7 Å². The topological polar surface area (TPSA) is 40.2 Å². The van der Waals surface area contributed by atoms with Crippen molar-refractivity contribution in [3.63, 3.8) is 0 Å². The number of ether oxygens (including phenoxy) is 4. The van der Waals surface area contributed by atoms with Gasteiger partial charge < -0.3 is 18.9 Å². The first-order chi connectivity index (χ1) is 14.2. The highest BCUT2D eigenvalue weighted by Crippen LogP contribution is 2.45. The van der Waals surface area contributed by atoms with Crippen LogP contribution in [-0.2, 0) is 19.4 Å². The Kier molecular flexibility index (Phi) is 4.68. The Labute approximate surface area is 181 Å². The Balaban J connectivity index is 0.00000193. The first-order valence-corrected chi connectivity index (χ1v) is 10.1. The van der Waals surface area contributed by atoms with Crippen LogP contribution in [0.25, 0.3) is 10.8 Å². The van der Waals surface area contributed by atoms with Crippen LogP contribution in [-0.4, -0.2) is 32.5 Å². The first kappa shape index (κ1) is 19.3. The number of hydrogen-bond donors (Lipinski definition) is 0. The molecular formula is C24H24ClNO4. The van der Waals surface area contributed by atoms with Crippen molar-refractivity contribution in [1.29, 1.82) is 0 Å². The van der Waals surface area contributed by atoms with Crippen LogP contribution in [0.2, 0.25) is 0 Å². The molecule has 3 aliphatic heterocycles. The van der Waals surface area contributed by atoms with Gasteiger partial charge in [0.25, 0.3) is 0 Å². The zero-order chi connectivity index (χ0) is 19.5. The van der Waals surface area contributed by atoms with Gasteiger partial charge in [-0.1, -0.05) is 12.1 Å². The molecule has 0 spiro atoms. The number of benzene rings is 3. The average Bonchev–Trinajstić information content (AvgIpc) is 3.22. The number of rotatable bonds is 2. The molecule has 156 valence electrons. The summed E-state index contributed by atoms with van der Waals surface area (Å²) >= 11 is 0. The van der Waals surface area contributed by atoms with Crippen molar-refractivity contribution < 1.29 is 18.9 Å². The van der Waals surface area contributed by atoms with Gasteiger partial charge in [0.05, 0.1) is 14.2 Å². The van der Waals surface area contributed by atoms with E-state index < -0.39 is 0 Å². The number of hydrogen-bond acceptors (Lipinski definition) is 5. The summed E-state index contributed by atoms with van der Waals surface area (Å²) < 4.78 is 22.3. The summed E-state index contributed by atoms with van der Waals surface area (Å²) in [7, 11) is 3.38. The zero-order valence-corrected chi connectivity index (χ0v) is 17.9. The van der Waals surface area contributed by atoms with Gasteiger partial charge in [0.2, 0.25) is 6.79 Å². The van der Waals surface area contributed by atoms with Gasteiger partial charge in [-0.2, -0.15) is 0 Å². The lowest BCUT2D eigenvalue weighted by molar-refractivity contribution is 0.161. The highest BCUT2D eigenvalue weighted by Gasteiger charge is 2.34. The van der Waals surface area contributed by atoms with Gasteiger partial charge in [-0.3, -0.25) is 4.90 Å². The summed E-state index contributed by atoms with van der Waals surface area (Å²) in [5.41, 5.74) is 5.60. The van der Waals surface area contributed by atoms with Crippen LogP contribution in [0.1, 0.15) is 28.3 Å². The highest BCUT2D eigenvalue weighted by molar-refractivity contribution is 5.90. The summed E-state index contributed by atoms with van der Waals surface area (Å²) in [6.07, 6.45) is 2.05. The molecule has 3 heterocycles. The molecule has 1 unspecified atom stereocenters. The SMILES string of the molecule is COc1cc2ccc3c(c2cc1OC)CN1CCc2cc4c(cc2C1C3)OCO4.Cl. The van der Waals surface area contributed by atoms with Crippen molar-refractivity contribution in [2.24, 2.45) is 0 Å². The summed E-state index contributed by atoms with van der Waals surface area (Å²) in [5.74, 6) is 3.33. The van der Waals surface area contributed by atoms with Crippen LogP contribution in [0, 0.1) is 0 Å². The van der Waals surface area contributed by atoms with Crippen molar-refractivity contribution in [2.75, 3.05) is 27.6 Å². The van der Waals surface area contributed by atoms with Crippen LogP contribution in [0.5, 0.6) is 23.0 Å². The normalized spacial score (nSPS) is 18.8. The highest BCUT2D eigenvalue weighted by atomic mass is 35.5. The monoisotopic (exact) mass is 425 g/mol. The molecule has 3 aliphatic rings. The Morgan fingerprint density at radius 1 is 0.933 bits per heavy atom. The number of fused-ring (bicyclic) bond motifs is 7. The van der Waals surface area contributed by atoms with Gasteiger partial charge in [-0.15, -0.1) is 12.4 Å². The van der Waals surface area contributed by atoms with E-state index in [4.69, 9.17) is 18.9 Å². The summed E-state index contributed by atoms with van der Waals surface area (Å²) in [6, 6.07) is 13.5. The molecule has 5 nitrogen and oxygen atoms in total. The molecule has 0 saturated carbocycles. The standard InChI is InChI=1S/C24H23NO4.ClH/c1-26-21-8-15-4-3-14-7-20-18-11-24-23(28-13-29-24)9-16(18)5-6-25(20)12-19(14)17(15)10-22(21)27-2;/h3-4,8-11,20H,5-7,12-13H2,1-2H3;1H. The van der Waals surface area contributed by atoms with E-state index in [2.05, 4.69) is 41.3 Å². The van der Waals surface area contributed by atoms with Crippen LogP contribution in [0.15, 0.2) is 36.4 Å². The second-order valence-corrected chi connectivity index (χ2v) is 7.98. The molecule has 0 saturated heterocycles. The second-order valence-electron chi connectivity index (χ2n) is 7.98. The Bertz CT molecular complexity index is 1150. The molecule has 6 heteroatoms. The smallest absolute Gasteiger partial charge is 0.231 e. The van der Waals surface area contributed by atoms with Gasteiger partial charge in [0, 0.05) is 19.1 Å². The molecule has 0 bridgehead atoms. The van der Waals surface area contributed by atoms with Gasteiger partial charge in [0.1, 0.15) is 0 Å². The fourth-order valence-electron chi connectivity index (χ4n) is 5.12. The minimum absolute atomic E-state index is 0. The summed E-state index contributed by atoms with van der Waals surface area (Å²) in [4.78, 5) is 2.60. The third kappa shape index (κ3) is 2.80. The number of nitrogens with zero attached hydrogens (tertiary/aromatic N) is 1. The molecule has 6 rings (SSSR count). The van der Waals surface area contributed by atoms with Gasteiger partial charge in [-0.25, -0.2) is 0 Å². The van der Waals surface area contributed by atoms with Crippen molar-refractivity contribution in [1.82, 2.24) is 4.90 Å². The fourth-order valence-corrected chi connectivity index (χ4v) is 5.12. The first-order valence-electron chi connectivity index (χ1n) is 10.1. The van der Waals surface area contributed by atoms with Crippen LogP contribution >= 0.6 is 12.4 Å². The molecular weight excluding hydrogens is 402 g/mol. The van der Waals surface area contributed by atoms with Crippen molar-refractivity contribution >= 4 is 23.2 Å². The maximum absolute atomic E-state index is 5.65. The maximum atomic E-state index is 5.65. The van der Waals surface area contributed by atoms with E-state index in [1.807, 2.05) is 0 Å². The van der Waals surface area contributed by atoms with E-state index in [-0.39, 0.29) is 12.4 Å². The number of methoxy groups -OCH3 is 2. The molecule has 0 fully saturated rings. The van der Waals surface area contributed by atoms with Crippen LogP contribution in [0.4, 0.5) is 0 Å². The largest absolute Gasteiger partial charge is 0.493 e. The van der Waals surface area contributed by atoms with E-state index >= 15 is 0 Å². The predicted octanol–water partition coefficient (Wildman–Crippen LogP) is 4.66. The Morgan fingerprint density at radius 3 is 2.50 bits per heavy atom. The molecule has 0 amide bonds. The van der Waals surface area contributed by atoms with E-state index in [1.165, 1.54) is 33.0 Å². The lowest BCUT2D eigenvalue weighted by Crippen LogP contribution is -2.39. The minimum Gasteiger partial charge on any atom is -0.493 e. The third-order valence-corrected chi connectivity index (χ3v) is 6.61. The minimum atomic E-state index is 0. The molecule has 0 aliphatic carbocycles. The lowest BCUT2D eigenvalue weighted by Gasteiger charge is -2.42. The molecule has 0 radical (unpaired) electrons. The zero-order valence-electron chi connectivity index (χ0n) is 17.1. The molecule has 0 N–H and O–H groups in total. The molecule has 0 aromatic heterocycles. The summed E-state index contributed by atoms with van der Waals surface area (Å²) in [6.45, 7) is 2.33. The van der Waals surface area contributed by atoms with E-state index in [1.54, 1.807) is 14.2 Å². The Hall–Kier alpha value is -2.63. The van der Waals surface area contributed by atoms with Crippen molar-refractivity contribution in [2.45, 2.75) is 25.4 Å². The predicted molar refractivity (Wildman–Crippen MR) is 117 cm³/mol. The molecule has 3 aromatic rings. The maximum Gasteiger partial charge on any atom is 0.231 e. The van der Waals surface area contributed by atoms with E-state index in [9.17, 15) is 0 Å².